The van der Waals surface area contributed by atoms with Crippen molar-refractivity contribution in [2.45, 2.75) is 6.92 Å². The Kier molecular flexibility index (Phi) is 47.4. The van der Waals surface area contributed by atoms with Gasteiger partial charge in [-0.15, -0.1) is 51.2 Å². The van der Waals surface area contributed by atoms with E-state index in [1.54, 1.807) is 0 Å². The zero-order chi connectivity index (χ0) is 62.9. The van der Waals surface area contributed by atoms with Gasteiger partial charge in [0.05, 0.1) is 56.4 Å². The van der Waals surface area contributed by atoms with Crippen LogP contribution in [0.2, 0.25) is 0 Å². The minimum absolute atomic E-state index is 0. The van der Waals surface area contributed by atoms with Gasteiger partial charge in [-0.3, -0.25) is 5.69 Å². The Hall–Kier alpha value is -7.66. The summed E-state index contributed by atoms with van der Waals surface area (Å²) in [6.07, 6.45) is 0. The van der Waals surface area contributed by atoms with Gasteiger partial charge in [-0.25, -0.2) is 0 Å². The van der Waals surface area contributed by atoms with Crippen LogP contribution < -0.4 is 38.5 Å². The minimum Gasteiger partial charge on any atom is -0.679 e. The Morgan fingerprint density at radius 2 is 0.407 bits per heavy atom. The first-order valence-electron chi connectivity index (χ1n) is 30.1. The summed E-state index contributed by atoms with van der Waals surface area (Å²) in [5.41, 5.74) is 11.1. The molecule has 0 aliphatic rings. The largest absolute Gasteiger partial charge is 3.00 e. The number of nitrogens with zero attached hydrogens (tertiary/aromatic N) is 5. The molecule has 11 aromatic rings. The normalized spacial score (nSPS) is 9.46. The molecule has 0 heterocycles. The van der Waals surface area contributed by atoms with Crippen molar-refractivity contribution in [3.8, 4) is 0 Å². The molecule has 0 aromatic heterocycles. The third kappa shape index (κ3) is 43.7. The monoisotopic (exact) mass is 1360 g/mol. The smallest absolute Gasteiger partial charge is 0.679 e. The van der Waals surface area contributed by atoms with Gasteiger partial charge < -0.3 is 46.2 Å². The zero-order valence-corrected chi connectivity index (χ0v) is 59.5. The predicted octanol–water partition coefficient (Wildman–Crippen LogP) is 13.5. The van der Waals surface area contributed by atoms with Crippen LogP contribution in [0.1, 0.15) is 5.56 Å². The molecule has 0 bridgehead atoms. The first kappa shape index (κ1) is 81.3. The van der Waals surface area contributed by atoms with Crippen molar-refractivity contribution in [2.75, 3.05) is 82.6 Å². The first-order chi connectivity index (χ1) is 42.9. The molecule has 4 N–H and O–H groups in total. The van der Waals surface area contributed by atoms with Crippen LogP contribution in [0.25, 0.3) is 26.6 Å². The molecule has 1 radical (unpaired) electrons. The van der Waals surface area contributed by atoms with E-state index in [1.807, 2.05) is 315 Å². The minimum atomic E-state index is 0. The fourth-order valence-electron chi connectivity index (χ4n) is 7.25. The van der Waals surface area contributed by atoms with E-state index in [0.717, 1.165) is 56.9 Å². The summed E-state index contributed by atoms with van der Waals surface area (Å²) in [7, 11) is 17.5. The van der Waals surface area contributed by atoms with Crippen LogP contribution in [0.15, 0.2) is 328 Å². The second-order valence-electron chi connectivity index (χ2n) is 21.3. The van der Waals surface area contributed by atoms with Gasteiger partial charge in [0.1, 0.15) is 26.2 Å². The molecule has 12 heteroatoms. The summed E-state index contributed by atoms with van der Waals surface area (Å²) < 4.78 is 0. The van der Waals surface area contributed by atoms with Crippen molar-refractivity contribution >= 4 is 56.9 Å². The topological polar surface area (TPSA) is 88.3 Å². The Bertz CT molecular complexity index is 2630. The average Bonchev–Trinajstić information content (AvgIpc) is 3.77. The standard InChI is InChI=1S/4C12H10N.C12H9N.C7H8.2C6H16N2.Li.2Nb/c5*1-3-7-11(8-4-1)13-12-9-5-2-6-10-12;1-7-5-3-2-4-6-7;2*1-7(2)5-6-8(3)4;;;/h4*1-10H;1-9H;2-6H,1H3;2*5-6H2,1-4H3;;;/q4*-1;-2;;;;+1;+2;+3/p+4. The van der Waals surface area contributed by atoms with E-state index < -0.39 is 0 Å². The van der Waals surface area contributed by atoms with E-state index in [4.69, 9.17) is 0 Å². The summed E-state index contributed by atoms with van der Waals surface area (Å²) >= 11 is 0. The van der Waals surface area contributed by atoms with Gasteiger partial charge in [0, 0.05) is 0 Å². The number of hydrogen-bond donors (Lipinski definition) is 4. The van der Waals surface area contributed by atoms with E-state index >= 15 is 0 Å². The number of nitrogens with one attached hydrogen (secondary N) is 4. The molecule has 0 aliphatic carbocycles. The molecule has 11 rings (SSSR count). The molecule has 0 amide bonds. The Labute approximate surface area is 590 Å². The molecule has 0 unspecified atom stereocenters. The number of hydrogen-bond acceptors (Lipinski definition) is 0. The van der Waals surface area contributed by atoms with Crippen molar-refractivity contribution < 1.29 is 83.2 Å². The third-order valence-corrected chi connectivity index (χ3v) is 12.0. The van der Waals surface area contributed by atoms with Gasteiger partial charge in [-0.1, -0.05) is 309 Å². The fourth-order valence-corrected chi connectivity index (χ4v) is 7.25. The second kappa shape index (κ2) is 53.0. The van der Waals surface area contributed by atoms with E-state index in [0.29, 0.717) is 0 Å². The Morgan fingerprint density at radius 1 is 0.242 bits per heavy atom. The van der Waals surface area contributed by atoms with Gasteiger partial charge in [-0.2, -0.15) is 30.3 Å². The van der Waals surface area contributed by atoms with Crippen LogP contribution in [0.3, 0.4) is 0 Å². The molecule has 0 fully saturated rings. The summed E-state index contributed by atoms with van der Waals surface area (Å²) in [6.45, 7) is 7.15. The molecule has 0 spiro atoms. The summed E-state index contributed by atoms with van der Waals surface area (Å²) in [5.74, 6) is 0. The Morgan fingerprint density at radius 3 is 0.549 bits per heavy atom. The Balaban J connectivity index is 0.000000523. The van der Waals surface area contributed by atoms with E-state index in [-0.39, 0.29) is 63.6 Å². The molecule has 9 nitrogen and oxygen atoms in total. The first-order valence-corrected chi connectivity index (χ1v) is 30.1. The third-order valence-electron chi connectivity index (χ3n) is 12.0. The van der Waals surface area contributed by atoms with Crippen molar-refractivity contribution in [1.82, 2.24) is 0 Å². The van der Waals surface area contributed by atoms with Gasteiger partial charge >= 0.3 is 63.6 Å². The number of para-hydroxylation sites is 10. The maximum atomic E-state index is 4.44. The van der Waals surface area contributed by atoms with E-state index in [9.17, 15) is 0 Å². The van der Waals surface area contributed by atoms with Gasteiger partial charge in [0.2, 0.25) is 0 Å². The van der Waals surface area contributed by atoms with Crippen LogP contribution in [0.5, 0.6) is 0 Å². The van der Waals surface area contributed by atoms with E-state index in [1.165, 1.54) is 51.3 Å². The molecular weight excluding hydrogens is 1270 g/mol. The second-order valence-corrected chi connectivity index (χ2v) is 21.3. The molecule has 91 heavy (non-hydrogen) atoms. The molecule has 11 aromatic carbocycles. The summed E-state index contributed by atoms with van der Waals surface area (Å²) in [5, 5.41) is 22.2. The van der Waals surface area contributed by atoms with Crippen LogP contribution >= 0.6 is 0 Å². The van der Waals surface area contributed by atoms with Crippen LogP contribution in [-0.4, -0.2) is 82.6 Å². The van der Waals surface area contributed by atoms with Crippen molar-refractivity contribution in [1.29, 1.82) is 0 Å². The van der Waals surface area contributed by atoms with Crippen LogP contribution in [-0.2, 0) is 44.8 Å². The van der Waals surface area contributed by atoms with Gasteiger partial charge in [-0.05, 0) is 6.92 Å². The molecule has 0 atom stereocenters. The van der Waals surface area contributed by atoms with Crippen molar-refractivity contribution in [3.05, 3.63) is 366 Å². The quantitative estimate of drug-likeness (QED) is 0.0549. The number of aryl methyl sites for hydroxylation is 1. The predicted molar refractivity (Wildman–Crippen MR) is 379 cm³/mol. The summed E-state index contributed by atoms with van der Waals surface area (Å²) in [6, 6.07) is 110. The average molecular weight is 1360 g/mol. The SMILES string of the molecule is C[NH+](C)CC[NH+](C)C.C[NH+](C)CC[NH+](C)C.Cc1ccccc1.[Li+].[Nb+2].[Nb+3].[c-]1ccccc1[N-]c1ccccc1.c1ccc([N-]c2ccccc2)cc1.c1ccc([N-]c2ccccc2)cc1.c1ccc([N-]c2ccccc2)cc1.c1ccc([N-]c2ccccc2)cc1. The molecule has 461 valence electrons. The number of quaternary nitrogens is 4. The van der Waals surface area contributed by atoms with Gasteiger partial charge in [0.25, 0.3) is 0 Å². The molecular formula is C79H93LiN9Nb2+4. The number of rotatable bonds is 16. The van der Waals surface area contributed by atoms with E-state index in [2.05, 4.69) is 108 Å². The maximum absolute atomic E-state index is 4.44. The van der Waals surface area contributed by atoms with Crippen LogP contribution in [0, 0.1) is 13.0 Å². The fraction of sp³-hybridized carbons (Fsp3) is 0.165. The molecule has 0 saturated heterocycles. The maximum Gasteiger partial charge on any atom is 3.00 e. The zero-order valence-electron chi connectivity index (χ0n) is 55.1. The van der Waals surface area contributed by atoms with Crippen LogP contribution in [0.4, 0.5) is 56.9 Å². The molecule has 0 aliphatic heterocycles. The number of benzene rings is 11. The van der Waals surface area contributed by atoms with Crippen molar-refractivity contribution in [3.63, 3.8) is 0 Å². The summed E-state index contributed by atoms with van der Waals surface area (Å²) in [4.78, 5) is 6.13. The number of likely N-dealkylation sites (N-methyl/N-ethyl adjacent to an activating group) is 4. The van der Waals surface area contributed by atoms with Crippen molar-refractivity contribution in [2.24, 2.45) is 0 Å². The van der Waals surface area contributed by atoms with Gasteiger partial charge in [0.15, 0.2) is 0 Å². The molecule has 0 saturated carbocycles.